The van der Waals surface area contributed by atoms with Gasteiger partial charge in [-0.05, 0) is 24.3 Å². The van der Waals surface area contributed by atoms with Crippen LogP contribution in [0.4, 0.5) is 0 Å². The molecule has 0 aliphatic heterocycles. The third-order valence-corrected chi connectivity index (χ3v) is 1.83. The van der Waals surface area contributed by atoms with Crippen LogP contribution in [0.25, 0.3) is 0 Å². The molecular weight excluding hydrogens is 360 g/mol. The molecule has 11 heteroatoms. The van der Waals surface area contributed by atoms with E-state index in [2.05, 4.69) is 9.97 Å². The Labute approximate surface area is 142 Å². The van der Waals surface area contributed by atoms with E-state index in [1.807, 2.05) is 0 Å². The first kappa shape index (κ1) is 32.5. The number of nitrogens with zero attached hydrogens (tertiary/aromatic N) is 2. The van der Waals surface area contributed by atoms with Crippen molar-refractivity contribution in [2.75, 3.05) is 0 Å². The van der Waals surface area contributed by atoms with Gasteiger partial charge < -0.3 is 43.1 Å². The first-order valence-electron chi connectivity index (χ1n) is 4.84. The van der Waals surface area contributed by atoms with Gasteiger partial charge >= 0.3 is 17.1 Å². The average Bonchev–Trinajstić information content (AvgIpc) is 2.41. The summed E-state index contributed by atoms with van der Waals surface area (Å²) in [5.74, 6) is -2.34. The second-order valence-corrected chi connectivity index (χ2v) is 3.05. The van der Waals surface area contributed by atoms with E-state index in [1.54, 1.807) is 0 Å². The number of rotatable bonds is 2. The van der Waals surface area contributed by atoms with E-state index < -0.39 is 11.9 Å². The van der Waals surface area contributed by atoms with E-state index in [-0.39, 0.29) is 51.4 Å². The predicted octanol–water partition coefficient (Wildman–Crippen LogP) is -2.44. The number of carboxylic acids is 2. The molecule has 10 nitrogen and oxygen atoms in total. The van der Waals surface area contributed by atoms with E-state index in [4.69, 9.17) is 0 Å². The monoisotopic (exact) mass is 377 g/mol. The quantitative estimate of drug-likeness (QED) is 0.531. The summed E-state index contributed by atoms with van der Waals surface area (Å²) in [5, 5.41) is 20.1. The molecule has 23 heavy (non-hydrogen) atoms. The predicted molar refractivity (Wildman–Crippen MR) is 74.4 cm³/mol. The van der Waals surface area contributed by atoms with E-state index in [0.29, 0.717) is 0 Å². The van der Waals surface area contributed by atoms with Gasteiger partial charge in [0.05, 0.1) is 11.9 Å². The molecule has 0 aromatic carbocycles. The first-order chi connectivity index (χ1) is 8.61. The molecule has 0 spiro atoms. The standard InChI is InChI=1S/2C6H5NO2.Cu.2H3N.2H2O/c2*8-6(9)5-1-3-7-4-2-5;;;;;/h2*1-4H,(H,8,9);;2*1H3;2*1H2/q;;+2;;;;/p-2. The molecule has 0 amide bonds. The van der Waals surface area contributed by atoms with Crippen LogP contribution in [0.15, 0.2) is 49.1 Å². The third kappa shape index (κ3) is 13.0. The third-order valence-electron chi connectivity index (χ3n) is 1.83. The van der Waals surface area contributed by atoms with Crippen molar-refractivity contribution in [3.05, 3.63) is 60.2 Å². The van der Waals surface area contributed by atoms with Gasteiger partial charge in [0.15, 0.2) is 0 Å². The van der Waals surface area contributed by atoms with Crippen LogP contribution in [0.3, 0.4) is 0 Å². The Hall–Kier alpha value is -2.40. The Balaban J connectivity index is -0.0000000771. The molecule has 2 heterocycles. The van der Waals surface area contributed by atoms with Gasteiger partial charge in [0.1, 0.15) is 0 Å². The van der Waals surface area contributed by atoms with Crippen molar-refractivity contribution in [1.82, 2.24) is 22.3 Å². The molecule has 133 valence electrons. The number of aromatic nitrogens is 2. The number of pyridine rings is 2. The van der Waals surface area contributed by atoms with Crippen LogP contribution >= 0.6 is 0 Å². The molecule has 0 atom stereocenters. The number of hydrogen-bond acceptors (Lipinski definition) is 8. The van der Waals surface area contributed by atoms with E-state index >= 15 is 0 Å². The van der Waals surface area contributed by atoms with Crippen molar-refractivity contribution in [1.29, 1.82) is 0 Å². The van der Waals surface area contributed by atoms with E-state index in [0.717, 1.165) is 0 Å². The van der Waals surface area contributed by atoms with Crippen LogP contribution < -0.4 is 22.5 Å². The molecule has 1 radical (unpaired) electrons. The maximum Gasteiger partial charge on any atom is 2.00 e. The fraction of sp³-hybridized carbons (Fsp3) is 0. The van der Waals surface area contributed by atoms with Crippen molar-refractivity contribution < 1.29 is 47.8 Å². The zero-order valence-corrected chi connectivity index (χ0v) is 12.8. The summed E-state index contributed by atoms with van der Waals surface area (Å²) in [6.07, 6.45) is 5.63. The Kier molecular flexibility index (Phi) is 25.0. The Morgan fingerprint density at radius 2 is 0.913 bits per heavy atom. The smallest absolute Gasteiger partial charge is 0.545 e. The minimum Gasteiger partial charge on any atom is -0.545 e. The van der Waals surface area contributed by atoms with Gasteiger partial charge in [0.2, 0.25) is 0 Å². The molecule has 2 aromatic heterocycles. The zero-order chi connectivity index (χ0) is 13.4. The Morgan fingerprint density at radius 3 is 1.04 bits per heavy atom. The van der Waals surface area contributed by atoms with Gasteiger partial charge in [-0.2, -0.15) is 0 Å². The molecule has 10 N–H and O–H groups in total. The van der Waals surface area contributed by atoms with Crippen molar-refractivity contribution in [3.8, 4) is 0 Å². The molecule has 0 fully saturated rings. The van der Waals surface area contributed by atoms with Gasteiger partial charge in [-0.1, -0.05) is 0 Å². The maximum atomic E-state index is 10.1. The van der Waals surface area contributed by atoms with Crippen LogP contribution in [0, 0.1) is 0 Å². The van der Waals surface area contributed by atoms with Crippen molar-refractivity contribution in [3.63, 3.8) is 0 Å². The summed E-state index contributed by atoms with van der Waals surface area (Å²) in [5.41, 5.74) is 0.315. The Morgan fingerprint density at radius 1 is 0.696 bits per heavy atom. The molecule has 0 saturated heterocycles. The number of aromatic carboxylic acids is 2. The summed E-state index contributed by atoms with van der Waals surface area (Å²) in [6.45, 7) is 0. The second-order valence-electron chi connectivity index (χ2n) is 3.05. The van der Waals surface area contributed by atoms with Gasteiger partial charge in [-0.25, -0.2) is 0 Å². The molecule has 2 rings (SSSR count). The van der Waals surface area contributed by atoms with Gasteiger partial charge in [0.25, 0.3) is 0 Å². The van der Waals surface area contributed by atoms with Crippen molar-refractivity contribution in [2.24, 2.45) is 0 Å². The number of carboxylic acid groups (broad SMARTS) is 2. The van der Waals surface area contributed by atoms with Crippen molar-refractivity contribution >= 4 is 11.9 Å². The van der Waals surface area contributed by atoms with Crippen LogP contribution in [-0.4, -0.2) is 32.9 Å². The summed E-state index contributed by atoms with van der Waals surface area (Å²) < 4.78 is 0. The topological polar surface area (TPSA) is 239 Å². The van der Waals surface area contributed by atoms with Gasteiger partial charge in [0, 0.05) is 35.9 Å². The minimum atomic E-state index is -1.17. The number of carbonyl (C=O) groups excluding carboxylic acids is 2. The van der Waals surface area contributed by atoms with Crippen LogP contribution in [0.5, 0.6) is 0 Å². The summed E-state index contributed by atoms with van der Waals surface area (Å²) in [6, 6.07) is 5.54. The maximum absolute atomic E-state index is 10.1. The zero-order valence-electron chi connectivity index (χ0n) is 11.9. The minimum absolute atomic E-state index is 0. The molecule has 2 aromatic rings. The summed E-state index contributed by atoms with van der Waals surface area (Å²) >= 11 is 0. The molecule has 0 unspecified atom stereocenters. The number of carbonyl (C=O) groups is 2. The number of hydrogen-bond donors (Lipinski definition) is 2. The van der Waals surface area contributed by atoms with Crippen LogP contribution in [0.1, 0.15) is 20.7 Å². The largest absolute Gasteiger partial charge is 2.00 e. The normalized spacial score (nSPS) is 6.96. The molecular formula is C12H18CuN4O6. The average molecular weight is 378 g/mol. The molecule has 0 aliphatic carbocycles. The fourth-order valence-corrected chi connectivity index (χ4v) is 0.976. The van der Waals surface area contributed by atoms with Gasteiger partial charge in [-0.3, -0.25) is 9.97 Å². The Bertz CT molecular complexity index is 480. The second kappa shape index (κ2) is 17.7. The molecule has 0 aliphatic rings. The fourth-order valence-electron chi connectivity index (χ4n) is 0.976. The summed E-state index contributed by atoms with van der Waals surface area (Å²) in [7, 11) is 0. The molecule has 0 saturated carbocycles. The molecule has 0 bridgehead atoms. The van der Waals surface area contributed by atoms with Crippen molar-refractivity contribution in [2.45, 2.75) is 0 Å². The first-order valence-corrected chi connectivity index (χ1v) is 4.84. The van der Waals surface area contributed by atoms with E-state index in [9.17, 15) is 19.8 Å². The summed E-state index contributed by atoms with van der Waals surface area (Å²) in [4.78, 5) is 27.4. The van der Waals surface area contributed by atoms with Crippen LogP contribution in [-0.2, 0) is 17.1 Å². The SMILES string of the molecule is N.N.O.O.O=C([O-])c1ccncc1.O=C([O-])c1ccncc1.[Cu+2]. The van der Waals surface area contributed by atoms with Crippen LogP contribution in [0.2, 0.25) is 0 Å². The van der Waals surface area contributed by atoms with E-state index in [1.165, 1.54) is 49.1 Å². The van der Waals surface area contributed by atoms with Gasteiger partial charge in [-0.15, -0.1) is 0 Å².